The zero-order chi connectivity index (χ0) is 12.0. The van der Waals surface area contributed by atoms with E-state index in [0.717, 1.165) is 6.42 Å². The topological polar surface area (TPSA) is 52.3 Å². The molecule has 0 spiro atoms. The van der Waals surface area contributed by atoms with Crippen LogP contribution in [0.5, 0.6) is 0 Å². The summed E-state index contributed by atoms with van der Waals surface area (Å²) in [6.07, 6.45) is 1.39. The molecule has 4 heteroatoms. The van der Waals surface area contributed by atoms with Gasteiger partial charge >= 0.3 is 5.97 Å². The molecule has 0 heterocycles. The number of carbonyl (C=O) groups excluding carboxylic acids is 1. The molecule has 88 valence electrons. The van der Waals surface area contributed by atoms with Crippen molar-refractivity contribution in [1.29, 1.82) is 0 Å². The molecule has 0 aliphatic heterocycles. The predicted molar refractivity (Wildman–Crippen MR) is 59.1 cm³/mol. The van der Waals surface area contributed by atoms with Crippen molar-refractivity contribution in [3.8, 4) is 0 Å². The Kier molecular flexibility index (Phi) is 4.92. The van der Waals surface area contributed by atoms with Crippen molar-refractivity contribution in [3.05, 3.63) is 35.6 Å². The summed E-state index contributed by atoms with van der Waals surface area (Å²) in [5.74, 6) is -0.857. The van der Waals surface area contributed by atoms with Crippen LogP contribution >= 0.6 is 0 Å². The molecule has 1 atom stereocenters. The Labute approximate surface area is 94.4 Å². The van der Waals surface area contributed by atoms with E-state index in [-0.39, 0.29) is 12.4 Å². The Balaban J connectivity index is 2.46. The van der Waals surface area contributed by atoms with Crippen molar-refractivity contribution < 1.29 is 13.9 Å². The van der Waals surface area contributed by atoms with Crippen LogP contribution in [-0.2, 0) is 16.1 Å². The summed E-state index contributed by atoms with van der Waals surface area (Å²) in [6, 6.07) is 5.57. The first-order valence-corrected chi connectivity index (χ1v) is 5.30. The fourth-order valence-corrected chi connectivity index (χ4v) is 1.30. The van der Waals surface area contributed by atoms with Gasteiger partial charge in [0.2, 0.25) is 0 Å². The average Bonchev–Trinajstić information content (AvgIpc) is 2.28. The van der Waals surface area contributed by atoms with Crippen molar-refractivity contribution in [2.75, 3.05) is 0 Å². The summed E-state index contributed by atoms with van der Waals surface area (Å²) in [7, 11) is 0. The van der Waals surface area contributed by atoms with Gasteiger partial charge in [0.1, 0.15) is 18.5 Å². The normalized spacial score (nSPS) is 12.2. The van der Waals surface area contributed by atoms with Gasteiger partial charge in [-0.3, -0.25) is 4.79 Å². The zero-order valence-electron chi connectivity index (χ0n) is 9.28. The maximum atomic E-state index is 13.2. The lowest BCUT2D eigenvalue weighted by molar-refractivity contribution is -0.146. The molecule has 1 rings (SSSR count). The predicted octanol–water partition coefficient (Wildman–Crippen LogP) is 2.00. The van der Waals surface area contributed by atoms with E-state index < -0.39 is 12.0 Å². The van der Waals surface area contributed by atoms with Crippen LogP contribution in [0.3, 0.4) is 0 Å². The SMILES string of the molecule is CCC[C@H](N)C(=O)OCc1ccccc1F. The maximum Gasteiger partial charge on any atom is 0.323 e. The summed E-state index contributed by atoms with van der Waals surface area (Å²) < 4.78 is 18.1. The lowest BCUT2D eigenvalue weighted by Crippen LogP contribution is -2.31. The van der Waals surface area contributed by atoms with Crippen LogP contribution in [-0.4, -0.2) is 12.0 Å². The van der Waals surface area contributed by atoms with E-state index in [1.165, 1.54) is 6.07 Å². The zero-order valence-corrected chi connectivity index (χ0v) is 9.28. The quantitative estimate of drug-likeness (QED) is 0.780. The summed E-state index contributed by atoms with van der Waals surface area (Å²) >= 11 is 0. The van der Waals surface area contributed by atoms with Gasteiger partial charge in [-0.05, 0) is 12.5 Å². The smallest absolute Gasteiger partial charge is 0.323 e. The largest absolute Gasteiger partial charge is 0.460 e. The molecule has 0 amide bonds. The van der Waals surface area contributed by atoms with Crippen molar-refractivity contribution in [2.45, 2.75) is 32.4 Å². The highest BCUT2D eigenvalue weighted by atomic mass is 19.1. The standard InChI is InChI=1S/C12H16FNO2/c1-2-5-11(14)12(15)16-8-9-6-3-4-7-10(9)13/h3-4,6-7,11H,2,5,8,14H2,1H3/t11-/m0/s1. The van der Waals surface area contributed by atoms with Crippen molar-refractivity contribution in [1.82, 2.24) is 0 Å². The van der Waals surface area contributed by atoms with Crippen molar-refractivity contribution in [3.63, 3.8) is 0 Å². The second-order valence-corrected chi connectivity index (χ2v) is 3.59. The van der Waals surface area contributed by atoms with E-state index in [9.17, 15) is 9.18 Å². The third-order valence-corrected chi connectivity index (χ3v) is 2.23. The molecule has 0 aliphatic carbocycles. The molecule has 1 aromatic carbocycles. The molecule has 1 aromatic rings. The van der Waals surface area contributed by atoms with Gasteiger partial charge < -0.3 is 10.5 Å². The summed E-state index contributed by atoms with van der Waals surface area (Å²) in [5.41, 5.74) is 5.92. The van der Waals surface area contributed by atoms with E-state index in [1.807, 2.05) is 6.92 Å². The first kappa shape index (κ1) is 12.6. The van der Waals surface area contributed by atoms with Crippen LogP contribution < -0.4 is 5.73 Å². The molecule has 2 N–H and O–H groups in total. The van der Waals surface area contributed by atoms with Gasteiger partial charge in [-0.2, -0.15) is 0 Å². The minimum absolute atomic E-state index is 0.0665. The number of rotatable bonds is 5. The summed E-state index contributed by atoms with van der Waals surface area (Å²) in [5, 5.41) is 0. The average molecular weight is 225 g/mol. The second kappa shape index (κ2) is 6.23. The molecular formula is C12H16FNO2. The number of hydrogen-bond acceptors (Lipinski definition) is 3. The van der Waals surface area contributed by atoms with Crippen LogP contribution in [0.4, 0.5) is 4.39 Å². The number of benzene rings is 1. The van der Waals surface area contributed by atoms with E-state index >= 15 is 0 Å². The molecule has 16 heavy (non-hydrogen) atoms. The Morgan fingerprint density at radius 1 is 1.50 bits per heavy atom. The van der Waals surface area contributed by atoms with Crippen LogP contribution in [0.1, 0.15) is 25.3 Å². The minimum Gasteiger partial charge on any atom is -0.460 e. The monoisotopic (exact) mass is 225 g/mol. The van der Waals surface area contributed by atoms with E-state index in [2.05, 4.69) is 0 Å². The Morgan fingerprint density at radius 2 is 2.19 bits per heavy atom. The number of carbonyl (C=O) groups is 1. The molecule has 0 radical (unpaired) electrons. The highest BCUT2D eigenvalue weighted by Crippen LogP contribution is 2.08. The van der Waals surface area contributed by atoms with E-state index in [0.29, 0.717) is 12.0 Å². The summed E-state index contributed by atoms with van der Waals surface area (Å²) in [6.45, 7) is 1.87. The second-order valence-electron chi connectivity index (χ2n) is 3.59. The lowest BCUT2D eigenvalue weighted by Gasteiger charge is -2.10. The van der Waals surface area contributed by atoms with Crippen LogP contribution in [0.15, 0.2) is 24.3 Å². The number of esters is 1. The van der Waals surface area contributed by atoms with Gasteiger partial charge in [0.25, 0.3) is 0 Å². The molecule has 0 saturated carbocycles. The van der Waals surface area contributed by atoms with E-state index in [1.54, 1.807) is 18.2 Å². The molecule has 0 fully saturated rings. The third kappa shape index (κ3) is 3.62. The van der Waals surface area contributed by atoms with Gasteiger partial charge in [-0.1, -0.05) is 31.5 Å². The van der Waals surface area contributed by atoms with Gasteiger partial charge in [0.05, 0.1) is 0 Å². The Morgan fingerprint density at radius 3 is 2.81 bits per heavy atom. The molecule has 0 aromatic heterocycles. The number of halogens is 1. The van der Waals surface area contributed by atoms with Gasteiger partial charge in [0.15, 0.2) is 0 Å². The Hall–Kier alpha value is -1.42. The van der Waals surface area contributed by atoms with Crippen LogP contribution in [0.2, 0.25) is 0 Å². The number of hydrogen-bond donors (Lipinski definition) is 1. The van der Waals surface area contributed by atoms with Crippen molar-refractivity contribution >= 4 is 5.97 Å². The first-order valence-electron chi connectivity index (χ1n) is 5.30. The maximum absolute atomic E-state index is 13.2. The molecule has 0 aliphatic rings. The highest BCUT2D eigenvalue weighted by molar-refractivity contribution is 5.75. The summed E-state index contributed by atoms with van der Waals surface area (Å²) in [4.78, 5) is 11.3. The van der Waals surface area contributed by atoms with Gasteiger partial charge in [-0.25, -0.2) is 4.39 Å². The number of nitrogens with two attached hydrogens (primary N) is 1. The first-order chi connectivity index (χ1) is 7.65. The fraction of sp³-hybridized carbons (Fsp3) is 0.417. The van der Waals surface area contributed by atoms with Crippen molar-refractivity contribution in [2.24, 2.45) is 5.73 Å². The molecular weight excluding hydrogens is 209 g/mol. The lowest BCUT2D eigenvalue weighted by atomic mass is 10.2. The molecule has 0 saturated heterocycles. The van der Waals surface area contributed by atoms with Crippen LogP contribution in [0.25, 0.3) is 0 Å². The molecule has 3 nitrogen and oxygen atoms in total. The van der Waals surface area contributed by atoms with Gasteiger partial charge in [0, 0.05) is 5.56 Å². The Bertz CT molecular complexity index is 355. The highest BCUT2D eigenvalue weighted by Gasteiger charge is 2.14. The van der Waals surface area contributed by atoms with Gasteiger partial charge in [-0.15, -0.1) is 0 Å². The third-order valence-electron chi connectivity index (χ3n) is 2.23. The minimum atomic E-state index is -0.614. The molecule has 0 unspecified atom stereocenters. The van der Waals surface area contributed by atoms with Crippen LogP contribution in [0, 0.1) is 5.82 Å². The number of ether oxygens (including phenoxy) is 1. The van der Waals surface area contributed by atoms with E-state index in [4.69, 9.17) is 10.5 Å². The fourth-order valence-electron chi connectivity index (χ4n) is 1.30. The molecule has 0 bridgehead atoms.